The van der Waals surface area contributed by atoms with E-state index < -0.39 is 12.1 Å². The number of hydrogen-bond donors (Lipinski definition) is 3. The van der Waals surface area contributed by atoms with Crippen molar-refractivity contribution in [2.45, 2.75) is 18.5 Å². The van der Waals surface area contributed by atoms with Gasteiger partial charge < -0.3 is 25.4 Å². The maximum absolute atomic E-state index is 13.3. The highest BCUT2D eigenvalue weighted by molar-refractivity contribution is 6.35. The van der Waals surface area contributed by atoms with Crippen LogP contribution in [-0.2, 0) is 0 Å². The van der Waals surface area contributed by atoms with Crippen LogP contribution >= 0.6 is 11.6 Å². The zero-order chi connectivity index (χ0) is 28.4. The molecule has 3 heterocycles. The smallest absolute Gasteiger partial charge is 0.319 e. The van der Waals surface area contributed by atoms with Gasteiger partial charge in [-0.1, -0.05) is 23.7 Å². The van der Waals surface area contributed by atoms with E-state index in [1.807, 2.05) is 0 Å². The van der Waals surface area contributed by atoms with Crippen LogP contribution in [0.2, 0.25) is 5.02 Å². The number of H-pyrrole nitrogens is 1. The number of pyridine rings is 1. The Morgan fingerprint density at radius 1 is 0.950 bits per heavy atom. The van der Waals surface area contributed by atoms with E-state index in [0.717, 1.165) is 10.9 Å². The van der Waals surface area contributed by atoms with Gasteiger partial charge in [0, 0.05) is 73.4 Å². The van der Waals surface area contributed by atoms with Crippen molar-refractivity contribution in [2.75, 3.05) is 27.2 Å². The van der Waals surface area contributed by atoms with Crippen molar-refractivity contribution >= 4 is 40.3 Å². The summed E-state index contributed by atoms with van der Waals surface area (Å²) in [5.41, 5.74) is 2.05. The van der Waals surface area contributed by atoms with Crippen molar-refractivity contribution in [1.29, 1.82) is 0 Å². The van der Waals surface area contributed by atoms with Gasteiger partial charge in [-0.25, -0.2) is 4.79 Å². The van der Waals surface area contributed by atoms with Crippen LogP contribution < -0.4 is 16.2 Å². The Balaban J connectivity index is 1.34. The summed E-state index contributed by atoms with van der Waals surface area (Å²) < 4.78 is 1.48. The average Bonchev–Trinajstić information content (AvgIpc) is 3.33. The summed E-state index contributed by atoms with van der Waals surface area (Å²) in [5.74, 6) is -0.639. The first kappa shape index (κ1) is 27.0. The zero-order valence-electron chi connectivity index (χ0n) is 22.1. The lowest BCUT2D eigenvalue weighted by molar-refractivity contribution is 0.0816. The standard InChI is InChI=1S/C29H29ClN6O4/c1-34(2)29(40)35-14-12-23(32-28(39)19-8-11-21-22(30)16-31-24(21)15-19)25(17-35)33-27(38)18-6-9-20(10-7-18)36-13-4-3-5-26(36)37/h3-11,13,15-16,23,25,31H,12,14,17H2,1-2H3,(H,32,39)(H,33,38)/t23-,25+/m1/s1. The number of amides is 4. The third-order valence-electron chi connectivity index (χ3n) is 7.02. The van der Waals surface area contributed by atoms with Crippen molar-refractivity contribution in [3.63, 3.8) is 0 Å². The Labute approximate surface area is 235 Å². The summed E-state index contributed by atoms with van der Waals surface area (Å²) in [5, 5.41) is 7.46. The summed E-state index contributed by atoms with van der Waals surface area (Å²) >= 11 is 6.16. The monoisotopic (exact) mass is 560 g/mol. The summed E-state index contributed by atoms with van der Waals surface area (Å²) in [6.07, 6.45) is 3.79. The lowest BCUT2D eigenvalue weighted by Gasteiger charge is -2.40. The van der Waals surface area contributed by atoms with E-state index >= 15 is 0 Å². The number of carbonyl (C=O) groups excluding carboxylic acids is 3. The molecule has 2 atom stereocenters. The molecule has 4 aromatic rings. The topological polar surface area (TPSA) is 120 Å². The second-order valence-corrected chi connectivity index (χ2v) is 10.3. The molecule has 2 aromatic carbocycles. The lowest BCUT2D eigenvalue weighted by Crippen LogP contribution is -2.62. The first-order valence-corrected chi connectivity index (χ1v) is 13.2. The van der Waals surface area contributed by atoms with Crippen LogP contribution in [0, 0.1) is 0 Å². The molecule has 0 bridgehead atoms. The fourth-order valence-corrected chi connectivity index (χ4v) is 5.10. The molecule has 0 radical (unpaired) electrons. The average molecular weight is 561 g/mol. The van der Waals surface area contributed by atoms with Gasteiger partial charge in [0.25, 0.3) is 17.4 Å². The molecular weight excluding hydrogens is 532 g/mol. The number of hydrogen-bond acceptors (Lipinski definition) is 4. The molecule has 0 aliphatic carbocycles. The van der Waals surface area contributed by atoms with Crippen LogP contribution in [0.1, 0.15) is 27.1 Å². The number of rotatable bonds is 5. The Morgan fingerprint density at radius 3 is 2.38 bits per heavy atom. The van der Waals surface area contributed by atoms with Crippen LogP contribution in [0.5, 0.6) is 0 Å². The predicted molar refractivity (Wildman–Crippen MR) is 153 cm³/mol. The number of aromatic nitrogens is 2. The van der Waals surface area contributed by atoms with E-state index in [0.29, 0.717) is 34.8 Å². The Bertz CT molecular complexity index is 1630. The van der Waals surface area contributed by atoms with Crippen LogP contribution in [0.3, 0.4) is 0 Å². The number of nitrogens with one attached hydrogen (secondary N) is 3. The number of halogens is 1. The van der Waals surface area contributed by atoms with Crippen LogP contribution in [0.4, 0.5) is 4.79 Å². The number of nitrogens with zero attached hydrogens (tertiary/aromatic N) is 3. The van der Waals surface area contributed by atoms with Gasteiger partial charge >= 0.3 is 6.03 Å². The molecule has 1 aliphatic rings. The summed E-state index contributed by atoms with van der Waals surface area (Å²) in [4.78, 5) is 57.5. The molecule has 206 valence electrons. The fraction of sp³-hybridized carbons (Fsp3) is 0.241. The van der Waals surface area contributed by atoms with Gasteiger partial charge in [-0.2, -0.15) is 0 Å². The molecule has 4 amide bonds. The quantitative estimate of drug-likeness (QED) is 0.347. The minimum atomic E-state index is -0.533. The van der Waals surface area contributed by atoms with E-state index in [9.17, 15) is 19.2 Å². The molecule has 11 heteroatoms. The lowest BCUT2D eigenvalue weighted by atomic mass is 9.98. The molecule has 1 fully saturated rings. The number of aromatic amines is 1. The molecule has 5 rings (SSSR count). The largest absolute Gasteiger partial charge is 0.360 e. The van der Waals surface area contributed by atoms with Crippen molar-refractivity contribution in [2.24, 2.45) is 0 Å². The van der Waals surface area contributed by atoms with Crippen LogP contribution in [0.25, 0.3) is 16.6 Å². The van der Waals surface area contributed by atoms with Gasteiger partial charge in [-0.05, 0) is 48.9 Å². The highest BCUT2D eigenvalue weighted by Gasteiger charge is 2.34. The molecule has 0 spiro atoms. The van der Waals surface area contributed by atoms with E-state index in [1.165, 1.54) is 15.5 Å². The normalized spacial score (nSPS) is 16.9. The zero-order valence-corrected chi connectivity index (χ0v) is 22.8. The maximum Gasteiger partial charge on any atom is 0.319 e. The van der Waals surface area contributed by atoms with Gasteiger partial charge in [0.15, 0.2) is 0 Å². The third kappa shape index (κ3) is 5.57. The number of likely N-dealkylation sites (tertiary alicyclic amines) is 1. The number of urea groups is 1. The van der Waals surface area contributed by atoms with Crippen molar-refractivity contribution < 1.29 is 14.4 Å². The van der Waals surface area contributed by atoms with Crippen molar-refractivity contribution in [3.05, 3.63) is 99.6 Å². The third-order valence-corrected chi connectivity index (χ3v) is 7.34. The van der Waals surface area contributed by atoms with E-state index in [-0.39, 0.29) is 29.9 Å². The minimum Gasteiger partial charge on any atom is -0.360 e. The van der Waals surface area contributed by atoms with E-state index in [4.69, 9.17) is 11.6 Å². The highest BCUT2D eigenvalue weighted by Crippen LogP contribution is 2.24. The predicted octanol–water partition coefficient (Wildman–Crippen LogP) is 3.26. The molecule has 1 aliphatic heterocycles. The number of benzene rings is 2. The molecule has 3 N–H and O–H groups in total. The molecule has 1 saturated heterocycles. The van der Waals surface area contributed by atoms with Gasteiger partial charge in [0.05, 0.1) is 17.1 Å². The second-order valence-electron chi connectivity index (χ2n) is 9.92. The Kier molecular flexibility index (Phi) is 7.61. The number of carbonyl (C=O) groups is 3. The molecular formula is C29H29ClN6O4. The van der Waals surface area contributed by atoms with Gasteiger partial charge in [-0.15, -0.1) is 0 Å². The van der Waals surface area contributed by atoms with Gasteiger partial charge in [0.2, 0.25) is 0 Å². The fourth-order valence-electron chi connectivity index (χ4n) is 4.88. The molecule has 2 aromatic heterocycles. The number of piperidine rings is 1. The minimum absolute atomic E-state index is 0.171. The van der Waals surface area contributed by atoms with Crippen LogP contribution in [-0.4, -0.2) is 76.5 Å². The van der Waals surface area contributed by atoms with E-state index in [2.05, 4.69) is 15.6 Å². The van der Waals surface area contributed by atoms with Crippen molar-refractivity contribution in [3.8, 4) is 5.69 Å². The van der Waals surface area contributed by atoms with Gasteiger partial charge in [-0.3, -0.25) is 19.0 Å². The molecule has 40 heavy (non-hydrogen) atoms. The SMILES string of the molecule is CN(C)C(=O)N1CC[C@@H](NC(=O)c2ccc3c(Cl)c[nH]c3c2)[C@@H](NC(=O)c2ccc(-n3ccccc3=O)cc2)C1. The highest BCUT2D eigenvalue weighted by atomic mass is 35.5. The van der Waals surface area contributed by atoms with Crippen molar-refractivity contribution in [1.82, 2.24) is 30.0 Å². The first-order valence-electron chi connectivity index (χ1n) is 12.8. The molecule has 0 unspecified atom stereocenters. The Hall–Kier alpha value is -4.57. The second kappa shape index (κ2) is 11.3. The van der Waals surface area contributed by atoms with E-state index in [1.54, 1.807) is 86.0 Å². The summed E-state index contributed by atoms with van der Waals surface area (Å²) in [6.45, 7) is 0.663. The summed E-state index contributed by atoms with van der Waals surface area (Å²) in [6, 6.07) is 15.7. The summed E-state index contributed by atoms with van der Waals surface area (Å²) in [7, 11) is 3.35. The molecule has 10 nitrogen and oxygen atoms in total. The maximum atomic E-state index is 13.3. The van der Waals surface area contributed by atoms with Gasteiger partial charge in [0.1, 0.15) is 0 Å². The first-order chi connectivity index (χ1) is 19.2. The molecule has 0 saturated carbocycles. The van der Waals surface area contributed by atoms with Crippen LogP contribution in [0.15, 0.2) is 77.9 Å². The number of fused-ring (bicyclic) bond motifs is 1. The Morgan fingerprint density at radius 2 is 1.65 bits per heavy atom.